The molecule has 1 heterocycles. The van der Waals surface area contributed by atoms with Crippen LogP contribution in [0.15, 0.2) is 36.8 Å². The van der Waals surface area contributed by atoms with E-state index in [9.17, 15) is 4.39 Å². The minimum Gasteiger partial charge on any atom is -0.508 e. The fourth-order valence-corrected chi connectivity index (χ4v) is 1.66. The number of phenolic OH excluding ortho intramolecular Hbond substituents is 1. The Kier molecular flexibility index (Phi) is 3.84. The van der Waals surface area contributed by atoms with Crippen molar-refractivity contribution in [3.63, 3.8) is 0 Å². The molecule has 0 saturated carbocycles. The lowest BCUT2D eigenvalue weighted by Crippen LogP contribution is -2.19. The second-order valence-electron chi connectivity index (χ2n) is 4.01. The van der Waals surface area contributed by atoms with Crippen LogP contribution in [-0.2, 0) is 6.54 Å². The zero-order valence-electron chi connectivity index (χ0n) is 9.97. The van der Waals surface area contributed by atoms with Crippen LogP contribution in [0.2, 0.25) is 0 Å². The molecule has 18 heavy (non-hydrogen) atoms. The molecule has 2 rings (SSSR count). The van der Waals surface area contributed by atoms with E-state index in [-0.39, 0.29) is 11.8 Å². The lowest BCUT2D eigenvalue weighted by molar-refractivity contribution is 0.463. The van der Waals surface area contributed by atoms with E-state index in [1.165, 1.54) is 12.4 Å². The van der Waals surface area contributed by atoms with Gasteiger partial charge in [0.1, 0.15) is 17.9 Å². The first-order valence-corrected chi connectivity index (χ1v) is 5.63. The summed E-state index contributed by atoms with van der Waals surface area (Å²) in [5.41, 5.74) is 1.36. The van der Waals surface area contributed by atoms with Crippen molar-refractivity contribution < 1.29 is 9.50 Å². The van der Waals surface area contributed by atoms with Gasteiger partial charge in [-0.25, -0.2) is 14.4 Å². The monoisotopic (exact) mass is 247 g/mol. The molecule has 2 aromatic rings. The number of nitrogens with one attached hydrogen (secondary N) is 1. The number of hydrogen-bond acceptors (Lipinski definition) is 4. The van der Waals surface area contributed by atoms with E-state index in [1.807, 2.05) is 6.92 Å². The Bertz CT molecular complexity index is 519. The van der Waals surface area contributed by atoms with Gasteiger partial charge in [-0.05, 0) is 19.1 Å². The van der Waals surface area contributed by atoms with Crippen LogP contribution in [0.1, 0.15) is 24.2 Å². The quantitative estimate of drug-likeness (QED) is 0.869. The molecule has 0 aliphatic carbocycles. The molecule has 0 spiro atoms. The topological polar surface area (TPSA) is 58.0 Å². The third kappa shape index (κ3) is 3.01. The highest BCUT2D eigenvalue weighted by Crippen LogP contribution is 2.21. The van der Waals surface area contributed by atoms with E-state index in [2.05, 4.69) is 15.3 Å². The molecular weight excluding hydrogens is 233 g/mol. The summed E-state index contributed by atoms with van der Waals surface area (Å²) in [6.07, 6.45) is 3.14. The Balaban J connectivity index is 2.01. The lowest BCUT2D eigenvalue weighted by Gasteiger charge is -2.14. The number of rotatable bonds is 4. The van der Waals surface area contributed by atoms with Gasteiger partial charge in [-0.2, -0.15) is 0 Å². The van der Waals surface area contributed by atoms with Crippen molar-refractivity contribution in [3.05, 3.63) is 53.9 Å². The molecule has 0 aliphatic rings. The van der Waals surface area contributed by atoms with E-state index < -0.39 is 5.82 Å². The molecule has 0 aliphatic heterocycles. The summed E-state index contributed by atoms with van der Waals surface area (Å²) in [7, 11) is 0. The summed E-state index contributed by atoms with van der Waals surface area (Å²) in [4.78, 5) is 7.90. The molecule has 1 aromatic heterocycles. The Labute approximate surface area is 105 Å². The summed E-state index contributed by atoms with van der Waals surface area (Å²) in [6, 6.07) is 5.79. The molecule has 0 radical (unpaired) electrons. The van der Waals surface area contributed by atoms with Crippen LogP contribution in [0.25, 0.3) is 0 Å². The summed E-state index contributed by atoms with van der Waals surface area (Å²) >= 11 is 0. The van der Waals surface area contributed by atoms with Gasteiger partial charge in [0.15, 0.2) is 0 Å². The number of benzene rings is 1. The second kappa shape index (κ2) is 5.55. The Morgan fingerprint density at radius 1 is 1.39 bits per heavy atom. The van der Waals surface area contributed by atoms with Crippen molar-refractivity contribution in [2.45, 2.75) is 19.5 Å². The van der Waals surface area contributed by atoms with Gasteiger partial charge in [0, 0.05) is 30.4 Å². The molecular formula is C13H14FN3O. The molecule has 1 atom stereocenters. The minimum absolute atomic E-state index is 0.0701. The SMILES string of the molecule is CC(NCc1ccncn1)c1ccc(O)cc1F. The Hall–Kier alpha value is -2.01. The van der Waals surface area contributed by atoms with Gasteiger partial charge in [0.05, 0.1) is 5.69 Å². The van der Waals surface area contributed by atoms with Crippen LogP contribution in [-0.4, -0.2) is 15.1 Å². The molecule has 0 amide bonds. The fourth-order valence-electron chi connectivity index (χ4n) is 1.66. The van der Waals surface area contributed by atoms with Crippen LogP contribution in [0, 0.1) is 5.82 Å². The lowest BCUT2D eigenvalue weighted by atomic mass is 10.1. The summed E-state index contributed by atoms with van der Waals surface area (Å²) in [5, 5.41) is 12.3. The maximum Gasteiger partial charge on any atom is 0.131 e. The largest absolute Gasteiger partial charge is 0.508 e. The highest BCUT2D eigenvalue weighted by Gasteiger charge is 2.11. The van der Waals surface area contributed by atoms with Crippen molar-refractivity contribution in [2.75, 3.05) is 0 Å². The Morgan fingerprint density at radius 2 is 2.22 bits per heavy atom. The predicted octanol–water partition coefficient (Wildman–Crippen LogP) is 2.17. The van der Waals surface area contributed by atoms with Crippen LogP contribution in [0.5, 0.6) is 5.75 Å². The van der Waals surface area contributed by atoms with Gasteiger partial charge in [-0.15, -0.1) is 0 Å². The highest BCUT2D eigenvalue weighted by atomic mass is 19.1. The van der Waals surface area contributed by atoms with E-state index in [0.29, 0.717) is 12.1 Å². The first-order valence-electron chi connectivity index (χ1n) is 5.63. The molecule has 2 N–H and O–H groups in total. The normalized spacial score (nSPS) is 12.3. The van der Waals surface area contributed by atoms with E-state index in [0.717, 1.165) is 11.8 Å². The average Bonchev–Trinajstić information content (AvgIpc) is 2.37. The zero-order chi connectivity index (χ0) is 13.0. The number of nitrogens with zero attached hydrogens (tertiary/aromatic N) is 2. The van der Waals surface area contributed by atoms with Crippen molar-refractivity contribution in [3.8, 4) is 5.75 Å². The smallest absolute Gasteiger partial charge is 0.131 e. The van der Waals surface area contributed by atoms with E-state index in [1.54, 1.807) is 18.3 Å². The number of aromatic hydroxyl groups is 1. The minimum atomic E-state index is -0.419. The number of halogens is 1. The molecule has 1 unspecified atom stereocenters. The van der Waals surface area contributed by atoms with Crippen molar-refractivity contribution >= 4 is 0 Å². The summed E-state index contributed by atoms with van der Waals surface area (Å²) < 4.78 is 13.6. The first-order chi connectivity index (χ1) is 8.66. The van der Waals surface area contributed by atoms with Gasteiger partial charge in [-0.3, -0.25) is 0 Å². The van der Waals surface area contributed by atoms with E-state index in [4.69, 9.17) is 5.11 Å². The highest BCUT2D eigenvalue weighted by molar-refractivity contribution is 5.29. The van der Waals surface area contributed by atoms with Gasteiger partial charge in [-0.1, -0.05) is 6.07 Å². The maximum absolute atomic E-state index is 13.6. The third-order valence-electron chi connectivity index (χ3n) is 2.68. The van der Waals surface area contributed by atoms with Crippen molar-refractivity contribution in [1.29, 1.82) is 0 Å². The summed E-state index contributed by atoms with van der Waals surface area (Å²) in [5.74, 6) is -0.489. The van der Waals surface area contributed by atoms with Gasteiger partial charge in [0.25, 0.3) is 0 Å². The molecule has 1 aromatic carbocycles. The number of hydrogen-bond donors (Lipinski definition) is 2. The van der Waals surface area contributed by atoms with Gasteiger partial charge < -0.3 is 10.4 Å². The van der Waals surface area contributed by atoms with Gasteiger partial charge in [0.2, 0.25) is 0 Å². The van der Waals surface area contributed by atoms with Gasteiger partial charge >= 0.3 is 0 Å². The second-order valence-corrected chi connectivity index (χ2v) is 4.01. The van der Waals surface area contributed by atoms with Crippen LogP contribution < -0.4 is 5.32 Å². The van der Waals surface area contributed by atoms with Crippen LogP contribution >= 0.6 is 0 Å². The molecule has 4 nitrogen and oxygen atoms in total. The van der Waals surface area contributed by atoms with Crippen LogP contribution in [0.4, 0.5) is 4.39 Å². The van der Waals surface area contributed by atoms with Crippen LogP contribution in [0.3, 0.4) is 0 Å². The first kappa shape index (κ1) is 12.4. The fraction of sp³-hybridized carbons (Fsp3) is 0.231. The molecule has 94 valence electrons. The van der Waals surface area contributed by atoms with Crippen molar-refractivity contribution in [1.82, 2.24) is 15.3 Å². The molecule has 5 heteroatoms. The Morgan fingerprint density at radius 3 is 2.89 bits per heavy atom. The maximum atomic E-state index is 13.6. The standard InChI is InChI=1S/C13H14FN3O/c1-9(12-3-2-11(18)6-13(12)14)16-7-10-4-5-15-8-17-10/h2-6,8-9,16,18H,7H2,1H3. The molecule has 0 bridgehead atoms. The predicted molar refractivity (Wildman–Crippen MR) is 65.4 cm³/mol. The molecule has 0 saturated heterocycles. The van der Waals surface area contributed by atoms with E-state index >= 15 is 0 Å². The average molecular weight is 247 g/mol. The van der Waals surface area contributed by atoms with Crippen molar-refractivity contribution in [2.24, 2.45) is 0 Å². The zero-order valence-corrected chi connectivity index (χ0v) is 9.97. The number of phenols is 1. The summed E-state index contributed by atoms with van der Waals surface area (Å²) in [6.45, 7) is 2.39. The third-order valence-corrected chi connectivity index (χ3v) is 2.68. The number of aromatic nitrogens is 2. The molecule has 0 fully saturated rings.